The van der Waals surface area contributed by atoms with E-state index in [9.17, 15) is 4.79 Å². The zero-order valence-electron chi connectivity index (χ0n) is 12.2. The van der Waals surface area contributed by atoms with Crippen LogP contribution < -0.4 is 0 Å². The third kappa shape index (κ3) is 3.57. The van der Waals surface area contributed by atoms with E-state index in [0.717, 1.165) is 46.0 Å². The summed E-state index contributed by atoms with van der Waals surface area (Å²) in [5, 5.41) is 8.68. The Bertz CT molecular complexity index is 598. The first-order valence-corrected chi connectivity index (χ1v) is 8.70. The lowest BCUT2D eigenvalue weighted by molar-refractivity contribution is -0.137. The fourth-order valence-corrected chi connectivity index (χ4v) is 4.56. The van der Waals surface area contributed by atoms with Crippen LogP contribution in [0.4, 0.5) is 5.69 Å². The van der Waals surface area contributed by atoms with Gasteiger partial charge in [0.25, 0.3) is 0 Å². The van der Waals surface area contributed by atoms with Crippen LogP contribution in [0.1, 0.15) is 51.5 Å². The second-order valence-electron chi connectivity index (χ2n) is 5.77. The Labute approximate surface area is 142 Å². The van der Waals surface area contributed by atoms with Crippen molar-refractivity contribution in [3.8, 4) is 0 Å². The number of carboxylic acid groups (broad SMARTS) is 1. The molecule has 0 aliphatic carbocycles. The first-order chi connectivity index (χ1) is 9.84. The van der Waals surface area contributed by atoms with Gasteiger partial charge in [0.15, 0.2) is 0 Å². The zero-order chi connectivity index (χ0) is 15.6. The molecule has 0 saturated carbocycles. The van der Waals surface area contributed by atoms with Crippen LogP contribution in [-0.4, -0.2) is 16.8 Å². The molecular formula is C16H19Br2NO2. The number of carbonyl (C=O) groups is 1. The standard InChI is InChI=1S/C16H19Br2NO2/c1-10-16(2,7-5-3-4-6-14(20)21)15-12(18)8-11(17)9-13(15)19-10/h8-9H,3-7H2,1-2H3,(H,20,21). The van der Waals surface area contributed by atoms with Crippen LogP contribution in [-0.2, 0) is 10.2 Å². The molecule has 1 aliphatic heterocycles. The Morgan fingerprint density at radius 3 is 2.67 bits per heavy atom. The third-order valence-corrected chi connectivity index (χ3v) is 5.32. The summed E-state index contributed by atoms with van der Waals surface area (Å²) in [6.07, 6.45) is 3.96. The highest BCUT2D eigenvalue weighted by Gasteiger charge is 2.38. The lowest BCUT2D eigenvalue weighted by Gasteiger charge is -2.27. The molecule has 1 aromatic rings. The summed E-state index contributed by atoms with van der Waals surface area (Å²) in [6, 6.07) is 4.12. The van der Waals surface area contributed by atoms with Gasteiger partial charge in [-0.25, -0.2) is 0 Å². The number of rotatable bonds is 6. The molecule has 1 N–H and O–H groups in total. The predicted molar refractivity (Wildman–Crippen MR) is 92.7 cm³/mol. The minimum atomic E-state index is -0.710. The van der Waals surface area contributed by atoms with Crippen molar-refractivity contribution in [2.75, 3.05) is 0 Å². The Balaban J connectivity index is 2.10. The molecule has 5 heteroatoms. The van der Waals surface area contributed by atoms with Crippen molar-refractivity contribution in [2.24, 2.45) is 4.99 Å². The molecule has 1 aromatic carbocycles. The van der Waals surface area contributed by atoms with Crippen LogP contribution in [0.15, 0.2) is 26.1 Å². The van der Waals surface area contributed by atoms with Gasteiger partial charge >= 0.3 is 5.97 Å². The molecule has 2 rings (SSSR count). The highest BCUT2D eigenvalue weighted by atomic mass is 79.9. The van der Waals surface area contributed by atoms with Gasteiger partial charge in [-0.05, 0) is 31.9 Å². The van der Waals surface area contributed by atoms with Crippen molar-refractivity contribution in [2.45, 2.75) is 51.4 Å². The molecule has 0 amide bonds. The molecule has 21 heavy (non-hydrogen) atoms. The van der Waals surface area contributed by atoms with Gasteiger partial charge in [-0.15, -0.1) is 0 Å². The lowest BCUT2D eigenvalue weighted by atomic mass is 9.76. The first-order valence-electron chi connectivity index (χ1n) is 7.11. The number of aliphatic carboxylic acids is 1. The van der Waals surface area contributed by atoms with E-state index in [-0.39, 0.29) is 11.8 Å². The number of hydrogen-bond donors (Lipinski definition) is 1. The largest absolute Gasteiger partial charge is 0.481 e. The van der Waals surface area contributed by atoms with Crippen molar-refractivity contribution in [3.05, 3.63) is 26.6 Å². The molecule has 1 aliphatic rings. The van der Waals surface area contributed by atoms with E-state index < -0.39 is 5.97 Å². The van der Waals surface area contributed by atoms with Gasteiger partial charge in [0.1, 0.15) is 0 Å². The average molecular weight is 417 g/mol. The number of unbranched alkanes of at least 4 members (excludes halogenated alkanes) is 2. The van der Waals surface area contributed by atoms with Gasteiger partial charge in [-0.3, -0.25) is 9.79 Å². The average Bonchev–Trinajstić information content (AvgIpc) is 2.60. The van der Waals surface area contributed by atoms with Crippen molar-refractivity contribution >= 4 is 49.2 Å². The number of benzene rings is 1. The monoisotopic (exact) mass is 415 g/mol. The van der Waals surface area contributed by atoms with E-state index >= 15 is 0 Å². The summed E-state index contributed by atoms with van der Waals surface area (Å²) in [6.45, 7) is 4.31. The Kier molecular flexibility index (Phi) is 5.25. The molecule has 114 valence electrons. The zero-order valence-corrected chi connectivity index (χ0v) is 15.4. The van der Waals surface area contributed by atoms with Crippen LogP contribution in [0.5, 0.6) is 0 Å². The Hall–Kier alpha value is -0.680. The normalized spacial score (nSPS) is 20.3. The molecule has 0 radical (unpaired) electrons. The van der Waals surface area contributed by atoms with Crippen LogP contribution in [0.25, 0.3) is 0 Å². The third-order valence-electron chi connectivity index (χ3n) is 4.24. The Morgan fingerprint density at radius 2 is 2.00 bits per heavy atom. The van der Waals surface area contributed by atoms with Gasteiger partial charge in [0.05, 0.1) is 5.69 Å². The predicted octanol–water partition coefficient (Wildman–Crippen LogP) is 5.61. The molecule has 0 fully saturated rings. The van der Waals surface area contributed by atoms with Crippen LogP contribution in [0.3, 0.4) is 0 Å². The molecule has 3 nitrogen and oxygen atoms in total. The second kappa shape index (κ2) is 6.61. The number of fused-ring (bicyclic) bond motifs is 1. The van der Waals surface area contributed by atoms with Gasteiger partial charge in [0.2, 0.25) is 0 Å². The van der Waals surface area contributed by atoms with E-state index in [0.29, 0.717) is 0 Å². The topological polar surface area (TPSA) is 49.7 Å². The minimum Gasteiger partial charge on any atom is -0.481 e. The number of aliphatic imine (C=N–C) groups is 1. The number of carboxylic acids is 1. The maximum absolute atomic E-state index is 10.5. The lowest BCUT2D eigenvalue weighted by Crippen LogP contribution is -2.27. The maximum atomic E-state index is 10.5. The molecule has 0 spiro atoms. The highest BCUT2D eigenvalue weighted by Crippen LogP contribution is 2.48. The van der Waals surface area contributed by atoms with Crippen molar-refractivity contribution < 1.29 is 9.90 Å². The summed E-state index contributed by atoms with van der Waals surface area (Å²) >= 11 is 7.17. The molecule has 1 atom stereocenters. The van der Waals surface area contributed by atoms with Crippen LogP contribution in [0, 0.1) is 0 Å². The SMILES string of the molecule is CC1=Nc2cc(Br)cc(Br)c2C1(C)CCCCCC(=O)O. The van der Waals surface area contributed by atoms with Gasteiger partial charge in [-0.1, -0.05) is 51.6 Å². The maximum Gasteiger partial charge on any atom is 0.303 e. The van der Waals surface area contributed by atoms with E-state index in [2.05, 4.69) is 57.8 Å². The van der Waals surface area contributed by atoms with E-state index in [1.807, 2.05) is 0 Å². The van der Waals surface area contributed by atoms with Gasteiger partial charge < -0.3 is 5.11 Å². The summed E-state index contributed by atoms with van der Waals surface area (Å²) in [7, 11) is 0. The van der Waals surface area contributed by atoms with E-state index in [1.165, 1.54) is 5.56 Å². The first kappa shape index (κ1) is 16.7. The van der Waals surface area contributed by atoms with Crippen LogP contribution >= 0.6 is 31.9 Å². The summed E-state index contributed by atoms with van der Waals surface area (Å²) in [4.78, 5) is 15.3. The molecule has 0 saturated heterocycles. The number of halogens is 2. The Morgan fingerprint density at radius 1 is 1.29 bits per heavy atom. The number of hydrogen-bond acceptors (Lipinski definition) is 2. The van der Waals surface area contributed by atoms with Gasteiger partial charge in [-0.2, -0.15) is 0 Å². The van der Waals surface area contributed by atoms with Gasteiger partial charge in [0, 0.05) is 32.1 Å². The minimum absolute atomic E-state index is 0.0575. The van der Waals surface area contributed by atoms with Crippen molar-refractivity contribution in [1.82, 2.24) is 0 Å². The summed E-state index contributed by atoms with van der Waals surface area (Å²) < 4.78 is 2.11. The summed E-state index contributed by atoms with van der Waals surface area (Å²) in [5.41, 5.74) is 3.36. The molecule has 1 unspecified atom stereocenters. The second-order valence-corrected chi connectivity index (χ2v) is 7.54. The fraction of sp³-hybridized carbons (Fsp3) is 0.500. The van der Waals surface area contributed by atoms with Crippen molar-refractivity contribution in [3.63, 3.8) is 0 Å². The van der Waals surface area contributed by atoms with E-state index in [1.54, 1.807) is 0 Å². The fourth-order valence-electron chi connectivity index (χ4n) is 2.92. The summed E-state index contributed by atoms with van der Waals surface area (Å²) in [5.74, 6) is -0.710. The molecule has 0 bridgehead atoms. The molecular weight excluding hydrogens is 398 g/mol. The van der Waals surface area contributed by atoms with E-state index in [4.69, 9.17) is 10.1 Å². The smallest absolute Gasteiger partial charge is 0.303 e. The quantitative estimate of drug-likeness (QED) is 0.612. The van der Waals surface area contributed by atoms with Crippen LogP contribution in [0.2, 0.25) is 0 Å². The molecule has 0 aromatic heterocycles. The van der Waals surface area contributed by atoms with Crippen molar-refractivity contribution in [1.29, 1.82) is 0 Å². The number of nitrogens with zero attached hydrogens (tertiary/aromatic N) is 1. The molecule has 1 heterocycles. The highest BCUT2D eigenvalue weighted by molar-refractivity contribution is 9.11.